The molecule has 0 heterocycles. The van der Waals surface area contributed by atoms with E-state index in [1.807, 2.05) is 0 Å². The summed E-state index contributed by atoms with van der Waals surface area (Å²) in [7, 11) is 0. The van der Waals surface area contributed by atoms with E-state index in [9.17, 15) is 0 Å². The van der Waals surface area contributed by atoms with Crippen molar-refractivity contribution in [2.45, 2.75) is 32.9 Å². The molecule has 8 heavy (non-hydrogen) atoms. The lowest BCUT2D eigenvalue weighted by atomic mass is 10.3. The minimum Gasteiger partial charge on any atom is -0.329 e. The smallest absolute Gasteiger partial charge is 0.0164 e. The SMILES string of the molecule is CC(C)NC(C)CN. The largest absolute Gasteiger partial charge is 0.329 e. The van der Waals surface area contributed by atoms with Crippen molar-refractivity contribution in [3.8, 4) is 0 Å². The van der Waals surface area contributed by atoms with Crippen LogP contribution in [-0.2, 0) is 0 Å². The molecule has 0 aliphatic heterocycles. The Morgan fingerprint density at radius 3 is 2.00 bits per heavy atom. The first-order valence-electron chi connectivity index (χ1n) is 3.13. The van der Waals surface area contributed by atoms with Crippen LogP contribution in [0.15, 0.2) is 0 Å². The highest BCUT2D eigenvalue weighted by Crippen LogP contribution is 1.80. The fourth-order valence-electron chi connectivity index (χ4n) is 0.637. The highest BCUT2D eigenvalue weighted by atomic mass is 14.9. The first kappa shape index (κ1) is 7.92. The van der Waals surface area contributed by atoms with Crippen LogP contribution in [-0.4, -0.2) is 18.6 Å². The molecule has 0 bridgehead atoms. The van der Waals surface area contributed by atoms with Crippen LogP contribution in [0.4, 0.5) is 0 Å². The maximum atomic E-state index is 5.36. The van der Waals surface area contributed by atoms with Crippen LogP contribution in [0, 0.1) is 0 Å². The zero-order valence-corrected chi connectivity index (χ0v) is 5.94. The van der Waals surface area contributed by atoms with E-state index in [2.05, 4.69) is 26.1 Å². The minimum atomic E-state index is 0.454. The highest BCUT2D eigenvalue weighted by Gasteiger charge is 1.97. The average molecular weight is 116 g/mol. The summed E-state index contributed by atoms with van der Waals surface area (Å²) >= 11 is 0. The monoisotopic (exact) mass is 116 g/mol. The second-order valence-corrected chi connectivity index (χ2v) is 2.46. The summed E-state index contributed by atoms with van der Waals surface area (Å²) in [5.41, 5.74) is 5.36. The molecule has 2 nitrogen and oxygen atoms in total. The molecule has 0 aliphatic carbocycles. The van der Waals surface area contributed by atoms with Gasteiger partial charge in [-0.15, -0.1) is 0 Å². The van der Waals surface area contributed by atoms with Gasteiger partial charge in [0.25, 0.3) is 0 Å². The van der Waals surface area contributed by atoms with Gasteiger partial charge < -0.3 is 11.1 Å². The van der Waals surface area contributed by atoms with Crippen molar-refractivity contribution in [1.29, 1.82) is 0 Å². The number of hydrogen-bond acceptors (Lipinski definition) is 2. The van der Waals surface area contributed by atoms with Crippen LogP contribution in [0.2, 0.25) is 0 Å². The molecule has 2 heteroatoms. The fraction of sp³-hybridized carbons (Fsp3) is 1.00. The second-order valence-electron chi connectivity index (χ2n) is 2.46. The van der Waals surface area contributed by atoms with Crippen molar-refractivity contribution in [2.24, 2.45) is 5.73 Å². The van der Waals surface area contributed by atoms with Gasteiger partial charge >= 0.3 is 0 Å². The molecule has 0 aromatic heterocycles. The van der Waals surface area contributed by atoms with Gasteiger partial charge in [-0.1, -0.05) is 13.8 Å². The van der Waals surface area contributed by atoms with Crippen LogP contribution in [0.25, 0.3) is 0 Å². The summed E-state index contributed by atoms with van der Waals surface area (Å²) in [5, 5.41) is 3.27. The van der Waals surface area contributed by atoms with Gasteiger partial charge in [0.05, 0.1) is 0 Å². The Kier molecular flexibility index (Phi) is 3.83. The molecule has 1 atom stereocenters. The third-order valence-corrected chi connectivity index (χ3v) is 0.971. The van der Waals surface area contributed by atoms with Crippen molar-refractivity contribution >= 4 is 0 Å². The van der Waals surface area contributed by atoms with E-state index in [-0.39, 0.29) is 0 Å². The molecule has 0 saturated carbocycles. The van der Waals surface area contributed by atoms with E-state index in [0.717, 1.165) is 6.54 Å². The summed E-state index contributed by atoms with van der Waals surface area (Å²) in [6.07, 6.45) is 0. The molecule has 0 fully saturated rings. The lowest BCUT2D eigenvalue weighted by Crippen LogP contribution is -2.37. The Balaban J connectivity index is 3.10. The number of nitrogens with one attached hydrogen (secondary N) is 1. The quantitative estimate of drug-likeness (QED) is 0.557. The normalized spacial score (nSPS) is 14.6. The lowest BCUT2D eigenvalue weighted by molar-refractivity contribution is 0.496. The fourth-order valence-corrected chi connectivity index (χ4v) is 0.637. The molecule has 0 aromatic carbocycles. The maximum Gasteiger partial charge on any atom is 0.0164 e. The van der Waals surface area contributed by atoms with Gasteiger partial charge in [0.15, 0.2) is 0 Å². The number of rotatable bonds is 3. The van der Waals surface area contributed by atoms with E-state index in [1.54, 1.807) is 0 Å². The minimum absolute atomic E-state index is 0.454. The number of nitrogens with two attached hydrogens (primary N) is 1. The predicted molar refractivity (Wildman–Crippen MR) is 36.8 cm³/mol. The van der Waals surface area contributed by atoms with Gasteiger partial charge in [-0.25, -0.2) is 0 Å². The standard InChI is InChI=1S/C6H16N2/c1-5(2)8-6(3)4-7/h5-6,8H,4,7H2,1-3H3. The van der Waals surface area contributed by atoms with Gasteiger partial charge in [-0.2, -0.15) is 0 Å². The maximum absolute atomic E-state index is 5.36. The Bertz CT molecular complexity index is 52.5. The molecular formula is C6H16N2. The van der Waals surface area contributed by atoms with Crippen LogP contribution < -0.4 is 11.1 Å². The second kappa shape index (κ2) is 3.87. The van der Waals surface area contributed by atoms with Gasteiger partial charge in [0.1, 0.15) is 0 Å². The molecule has 0 spiro atoms. The molecule has 3 N–H and O–H groups in total. The van der Waals surface area contributed by atoms with Gasteiger partial charge in [0.2, 0.25) is 0 Å². The first-order chi connectivity index (χ1) is 3.66. The summed E-state index contributed by atoms with van der Waals surface area (Å²) in [4.78, 5) is 0. The topological polar surface area (TPSA) is 38.0 Å². The van der Waals surface area contributed by atoms with Crippen molar-refractivity contribution in [3.05, 3.63) is 0 Å². The summed E-state index contributed by atoms with van der Waals surface area (Å²) in [6.45, 7) is 7.04. The molecule has 0 amide bonds. The van der Waals surface area contributed by atoms with Gasteiger partial charge in [-0.05, 0) is 6.92 Å². The van der Waals surface area contributed by atoms with Crippen molar-refractivity contribution < 1.29 is 0 Å². The summed E-state index contributed by atoms with van der Waals surface area (Å²) < 4.78 is 0. The predicted octanol–water partition coefficient (Wildman–Crippen LogP) is 0.332. The van der Waals surface area contributed by atoms with Crippen molar-refractivity contribution in [2.75, 3.05) is 6.54 Å². The molecule has 50 valence electrons. The van der Waals surface area contributed by atoms with Gasteiger partial charge in [-0.3, -0.25) is 0 Å². The summed E-state index contributed by atoms with van der Waals surface area (Å²) in [6, 6.07) is 1.00. The Labute approximate surface area is 51.5 Å². The van der Waals surface area contributed by atoms with Gasteiger partial charge in [0, 0.05) is 18.6 Å². The van der Waals surface area contributed by atoms with E-state index in [0.29, 0.717) is 12.1 Å². The zero-order valence-electron chi connectivity index (χ0n) is 5.94. The highest BCUT2D eigenvalue weighted by molar-refractivity contribution is 4.62. The lowest BCUT2D eigenvalue weighted by Gasteiger charge is -2.13. The van der Waals surface area contributed by atoms with Crippen LogP contribution in [0.3, 0.4) is 0 Å². The van der Waals surface area contributed by atoms with Crippen LogP contribution in [0.5, 0.6) is 0 Å². The molecule has 0 radical (unpaired) electrons. The van der Waals surface area contributed by atoms with E-state index in [4.69, 9.17) is 5.73 Å². The molecule has 0 aliphatic rings. The third kappa shape index (κ3) is 4.09. The van der Waals surface area contributed by atoms with Crippen molar-refractivity contribution in [3.63, 3.8) is 0 Å². The molecule has 0 saturated heterocycles. The average Bonchev–Trinajstić information content (AvgIpc) is 1.65. The van der Waals surface area contributed by atoms with Crippen molar-refractivity contribution in [1.82, 2.24) is 5.32 Å². The number of hydrogen-bond donors (Lipinski definition) is 2. The molecule has 0 rings (SSSR count). The Morgan fingerprint density at radius 1 is 1.38 bits per heavy atom. The summed E-state index contributed by atoms with van der Waals surface area (Å²) in [5.74, 6) is 0. The van der Waals surface area contributed by atoms with Crippen LogP contribution in [0.1, 0.15) is 20.8 Å². The Morgan fingerprint density at radius 2 is 1.88 bits per heavy atom. The third-order valence-electron chi connectivity index (χ3n) is 0.971. The molecular weight excluding hydrogens is 100 g/mol. The van der Waals surface area contributed by atoms with E-state index < -0.39 is 0 Å². The zero-order chi connectivity index (χ0) is 6.57. The van der Waals surface area contributed by atoms with Crippen LogP contribution >= 0.6 is 0 Å². The molecule has 0 aromatic rings. The Hall–Kier alpha value is -0.0800. The molecule has 1 unspecified atom stereocenters. The first-order valence-corrected chi connectivity index (χ1v) is 3.13. The van der Waals surface area contributed by atoms with E-state index >= 15 is 0 Å². The van der Waals surface area contributed by atoms with E-state index in [1.165, 1.54) is 0 Å².